The van der Waals surface area contributed by atoms with Gasteiger partial charge in [0.1, 0.15) is 0 Å². The highest BCUT2D eigenvalue weighted by atomic mass is 16.5. The van der Waals surface area contributed by atoms with E-state index in [-0.39, 0.29) is 5.91 Å². The normalized spacial score (nSPS) is 10.7. The van der Waals surface area contributed by atoms with E-state index >= 15 is 0 Å². The van der Waals surface area contributed by atoms with Crippen LogP contribution in [0, 0.1) is 6.92 Å². The second kappa shape index (κ2) is 17.3. The summed E-state index contributed by atoms with van der Waals surface area (Å²) in [6.07, 6.45) is 0.858. The molecule has 1 heterocycles. The van der Waals surface area contributed by atoms with Gasteiger partial charge in [-0.3, -0.25) is 4.79 Å². The molecule has 220 valence electrons. The third kappa shape index (κ3) is 11.1. The van der Waals surface area contributed by atoms with E-state index in [9.17, 15) is 4.79 Å². The predicted octanol–water partition coefficient (Wildman–Crippen LogP) is 4.32. The molecule has 0 aliphatic rings. The van der Waals surface area contributed by atoms with Crippen LogP contribution in [0.1, 0.15) is 27.0 Å². The summed E-state index contributed by atoms with van der Waals surface area (Å²) in [6, 6.07) is 27.7. The van der Waals surface area contributed by atoms with Crippen LogP contribution in [0.3, 0.4) is 0 Å². The third-order valence-electron chi connectivity index (χ3n) is 6.22. The van der Waals surface area contributed by atoms with E-state index in [4.69, 9.17) is 9.47 Å². The number of nitrogens with one attached hydrogen (secondary N) is 4. The molecule has 0 radical (unpaired) electrons. The Morgan fingerprint density at radius 1 is 0.619 bits per heavy atom. The van der Waals surface area contributed by atoms with Gasteiger partial charge in [-0.05, 0) is 36.6 Å². The van der Waals surface area contributed by atoms with Gasteiger partial charge in [-0.25, -0.2) is 0 Å². The Hall–Kier alpha value is -4.54. The number of benzene rings is 3. The summed E-state index contributed by atoms with van der Waals surface area (Å²) in [5.41, 5.74) is 4.24. The van der Waals surface area contributed by atoms with E-state index in [0.717, 1.165) is 12.0 Å². The molecule has 10 nitrogen and oxygen atoms in total. The van der Waals surface area contributed by atoms with Gasteiger partial charge in [0.2, 0.25) is 17.8 Å². The Morgan fingerprint density at radius 2 is 1.19 bits per heavy atom. The SMILES string of the molecule is Cc1ccc(CNc2nc(NCCOCCOCCNC(=O)c3ccccc3)nc(NCCc3ccccc3)n2)cc1. The first-order valence-electron chi connectivity index (χ1n) is 14.2. The van der Waals surface area contributed by atoms with E-state index in [1.165, 1.54) is 11.1 Å². The van der Waals surface area contributed by atoms with E-state index in [1.807, 2.05) is 36.4 Å². The zero-order valence-corrected chi connectivity index (χ0v) is 24.0. The maximum absolute atomic E-state index is 12.0. The quantitative estimate of drug-likeness (QED) is 0.130. The summed E-state index contributed by atoms with van der Waals surface area (Å²) in [4.78, 5) is 25.6. The highest BCUT2D eigenvalue weighted by molar-refractivity contribution is 5.94. The molecule has 1 amide bonds. The van der Waals surface area contributed by atoms with Crippen molar-refractivity contribution in [2.75, 3.05) is 62.0 Å². The zero-order chi connectivity index (χ0) is 29.2. The fourth-order valence-corrected chi connectivity index (χ4v) is 3.95. The minimum absolute atomic E-state index is 0.108. The summed E-state index contributed by atoms with van der Waals surface area (Å²) < 4.78 is 11.2. The number of hydrogen-bond acceptors (Lipinski definition) is 9. The van der Waals surface area contributed by atoms with Crippen molar-refractivity contribution in [1.82, 2.24) is 20.3 Å². The van der Waals surface area contributed by atoms with E-state index in [0.29, 0.717) is 76.0 Å². The number of rotatable bonds is 18. The highest BCUT2D eigenvalue weighted by Crippen LogP contribution is 2.12. The standard InChI is InChI=1S/C32H39N7O3/c1-25-12-14-27(15-13-25)24-36-32-38-30(34-17-16-26-8-4-2-5-9-26)37-31(39-32)35-19-21-42-23-22-41-20-18-33-29(40)28-10-6-3-7-11-28/h2-15H,16-24H2,1H3,(H,33,40)(H3,34,35,36,37,38,39). The molecule has 0 fully saturated rings. The highest BCUT2D eigenvalue weighted by Gasteiger charge is 2.07. The Kier molecular flexibility index (Phi) is 12.5. The molecule has 0 saturated heterocycles. The number of ether oxygens (including phenoxy) is 2. The molecule has 0 spiro atoms. The van der Waals surface area contributed by atoms with Gasteiger partial charge in [0.05, 0.1) is 26.4 Å². The zero-order valence-electron chi connectivity index (χ0n) is 24.0. The number of amides is 1. The molecular formula is C32H39N7O3. The minimum Gasteiger partial charge on any atom is -0.377 e. The average molecular weight is 570 g/mol. The molecule has 4 N–H and O–H groups in total. The van der Waals surface area contributed by atoms with E-state index in [1.54, 1.807) is 12.1 Å². The third-order valence-corrected chi connectivity index (χ3v) is 6.22. The van der Waals surface area contributed by atoms with Gasteiger partial charge in [0, 0.05) is 31.7 Å². The van der Waals surface area contributed by atoms with Crippen LogP contribution in [0.4, 0.5) is 17.8 Å². The van der Waals surface area contributed by atoms with Crippen LogP contribution in [0.5, 0.6) is 0 Å². The Bertz CT molecular complexity index is 1340. The van der Waals surface area contributed by atoms with Gasteiger partial charge in [-0.2, -0.15) is 15.0 Å². The minimum atomic E-state index is -0.108. The summed E-state index contributed by atoms with van der Waals surface area (Å²) in [7, 11) is 0. The van der Waals surface area contributed by atoms with Crippen molar-refractivity contribution in [1.29, 1.82) is 0 Å². The summed E-state index contributed by atoms with van der Waals surface area (Å²) in [6.45, 7) is 6.11. The van der Waals surface area contributed by atoms with Crippen LogP contribution in [0.25, 0.3) is 0 Å². The Morgan fingerprint density at radius 3 is 1.86 bits per heavy atom. The molecule has 0 bridgehead atoms. The average Bonchev–Trinajstić information content (AvgIpc) is 3.02. The van der Waals surface area contributed by atoms with Crippen molar-refractivity contribution >= 4 is 23.8 Å². The molecule has 0 saturated carbocycles. The van der Waals surface area contributed by atoms with Gasteiger partial charge in [-0.15, -0.1) is 0 Å². The summed E-state index contributed by atoms with van der Waals surface area (Å²) in [5, 5.41) is 12.7. The second-order valence-corrected chi connectivity index (χ2v) is 9.58. The lowest BCUT2D eigenvalue weighted by molar-refractivity contribution is 0.0519. The molecule has 0 unspecified atom stereocenters. The van der Waals surface area contributed by atoms with Crippen LogP contribution < -0.4 is 21.3 Å². The van der Waals surface area contributed by atoms with E-state index < -0.39 is 0 Å². The Labute approximate surface area is 247 Å². The smallest absolute Gasteiger partial charge is 0.251 e. The fourth-order valence-electron chi connectivity index (χ4n) is 3.95. The largest absolute Gasteiger partial charge is 0.377 e. The molecule has 4 rings (SSSR count). The number of anilines is 3. The fraction of sp³-hybridized carbons (Fsp3) is 0.312. The first kappa shape index (κ1) is 30.4. The lowest BCUT2D eigenvalue weighted by Crippen LogP contribution is -2.27. The first-order valence-corrected chi connectivity index (χ1v) is 14.2. The topological polar surface area (TPSA) is 122 Å². The molecule has 0 aliphatic heterocycles. The van der Waals surface area contributed by atoms with Crippen molar-refractivity contribution < 1.29 is 14.3 Å². The summed E-state index contributed by atoms with van der Waals surface area (Å²) in [5.74, 6) is 1.35. The van der Waals surface area contributed by atoms with Crippen LogP contribution in [-0.4, -0.2) is 66.9 Å². The van der Waals surface area contributed by atoms with Crippen LogP contribution >= 0.6 is 0 Å². The number of hydrogen-bond donors (Lipinski definition) is 4. The molecule has 10 heteroatoms. The lowest BCUT2D eigenvalue weighted by Gasteiger charge is -2.12. The van der Waals surface area contributed by atoms with Crippen LogP contribution in [0.15, 0.2) is 84.9 Å². The number of aryl methyl sites for hydroxylation is 1. The lowest BCUT2D eigenvalue weighted by atomic mass is 10.1. The van der Waals surface area contributed by atoms with E-state index in [2.05, 4.69) is 79.5 Å². The monoisotopic (exact) mass is 569 g/mol. The number of carbonyl (C=O) groups is 1. The van der Waals surface area contributed by atoms with Gasteiger partial charge < -0.3 is 30.7 Å². The maximum atomic E-state index is 12.0. The van der Waals surface area contributed by atoms with Crippen molar-refractivity contribution in [3.63, 3.8) is 0 Å². The molecule has 3 aromatic carbocycles. The van der Waals surface area contributed by atoms with Crippen molar-refractivity contribution in [3.05, 3.63) is 107 Å². The van der Waals surface area contributed by atoms with Gasteiger partial charge in [0.25, 0.3) is 5.91 Å². The Balaban J connectivity index is 1.17. The molecule has 0 aliphatic carbocycles. The van der Waals surface area contributed by atoms with Crippen molar-refractivity contribution in [3.8, 4) is 0 Å². The molecule has 1 aromatic heterocycles. The molecular weight excluding hydrogens is 530 g/mol. The number of carbonyl (C=O) groups excluding carboxylic acids is 1. The maximum Gasteiger partial charge on any atom is 0.251 e. The van der Waals surface area contributed by atoms with Crippen molar-refractivity contribution in [2.24, 2.45) is 0 Å². The van der Waals surface area contributed by atoms with Gasteiger partial charge in [0.15, 0.2) is 0 Å². The number of nitrogens with zero attached hydrogens (tertiary/aromatic N) is 3. The summed E-state index contributed by atoms with van der Waals surface area (Å²) >= 11 is 0. The van der Waals surface area contributed by atoms with Crippen LogP contribution in [-0.2, 0) is 22.4 Å². The molecule has 42 heavy (non-hydrogen) atoms. The second-order valence-electron chi connectivity index (χ2n) is 9.58. The molecule has 0 atom stereocenters. The van der Waals surface area contributed by atoms with Gasteiger partial charge >= 0.3 is 0 Å². The first-order chi connectivity index (χ1) is 20.7. The van der Waals surface area contributed by atoms with Crippen molar-refractivity contribution in [2.45, 2.75) is 19.9 Å². The predicted molar refractivity (Wildman–Crippen MR) is 166 cm³/mol. The number of aromatic nitrogens is 3. The van der Waals surface area contributed by atoms with Gasteiger partial charge in [-0.1, -0.05) is 78.4 Å². The molecule has 4 aromatic rings. The van der Waals surface area contributed by atoms with Crippen LogP contribution in [0.2, 0.25) is 0 Å².